The topological polar surface area (TPSA) is 75.7 Å². The highest BCUT2D eigenvalue weighted by atomic mass is 16.5. The zero-order valence-electron chi connectivity index (χ0n) is 13.5. The first kappa shape index (κ1) is 17.1. The molecule has 0 saturated carbocycles. The van der Waals surface area contributed by atoms with Crippen molar-refractivity contribution in [2.75, 3.05) is 32.1 Å². The number of amides is 2. The Balaban J connectivity index is 1.92. The molecule has 2 amide bonds. The number of benzene rings is 1. The van der Waals surface area contributed by atoms with E-state index in [1.807, 2.05) is 0 Å². The Morgan fingerprint density at radius 1 is 1.39 bits per heavy atom. The van der Waals surface area contributed by atoms with E-state index in [-0.39, 0.29) is 29.9 Å². The van der Waals surface area contributed by atoms with Gasteiger partial charge >= 0.3 is 0 Å². The van der Waals surface area contributed by atoms with Gasteiger partial charge < -0.3 is 15.0 Å². The lowest BCUT2D eigenvalue weighted by Crippen LogP contribution is -2.29. The molecule has 0 spiro atoms. The highest BCUT2D eigenvalue weighted by molar-refractivity contribution is 5.99. The van der Waals surface area contributed by atoms with Crippen molar-refractivity contribution in [2.24, 2.45) is 5.92 Å². The maximum atomic E-state index is 12.3. The highest BCUT2D eigenvalue weighted by Crippen LogP contribution is 2.20. The first-order chi connectivity index (χ1) is 11.0. The average Bonchev–Trinajstić information content (AvgIpc) is 2.89. The van der Waals surface area contributed by atoms with E-state index >= 15 is 0 Å². The van der Waals surface area contributed by atoms with Crippen LogP contribution in [0.5, 0.6) is 0 Å². The largest absolute Gasteiger partial charge is 0.385 e. The van der Waals surface area contributed by atoms with Gasteiger partial charge in [-0.15, -0.1) is 0 Å². The molecular weight excluding hydrogens is 296 g/mol. The summed E-state index contributed by atoms with van der Waals surface area (Å²) >= 11 is 0. The Bertz CT molecular complexity index is 600. The molecule has 23 heavy (non-hydrogen) atoms. The van der Waals surface area contributed by atoms with Crippen LogP contribution in [0, 0.1) is 5.92 Å². The number of ketones is 1. The number of ether oxygens (including phenoxy) is 1. The van der Waals surface area contributed by atoms with Crippen molar-refractivity contribution in [1.29, 1.82) is 0 Å². The minimum Gasteiger partial charge on any atom is -0.385 e. The van der Waals surface area contributed by atoms with Gasteiger partial charge in [0, 0.05) is 44.5 Å². The van der Waals surface area contributed by atoms with Crippen LogP contribution >= 0.6 is 0 Å². The number of hydrogen-bond donors (Lipinski definition) is 1. The summed E-state index contributed by atoms with van der Waals surface area (Å²) in [7, 11) is 1.62. The van der Waals surface area contributed by atoms with Crippen molar-refractivity contribution in [2.45, 2.75) is 19.8 Å². The van der Waals surface area contributed by atoms with E-state index in [9.17, 15) is 14.4 Å². The molecule has 124 valence electrons. The normalized spacial score (nSPS) is 17.4. The van der Waals surface area contributed by atoms with Crippen LogP contribution in [-0.4, -0.2) is 49.3 Å². The maximum Gasteiger partial charge on any atom is 0.229 e. The van der Waals surface area contributed by atoms with Gasteiger partial charge in [0.2, 0.25) is 11.8 Å². The number of anilines is 1. The summed E-state index contributed by atoms with van der Waals surface area (Å²) in [4.78, 5) is 37.3. The summed E-state index contributed by atoms with van der Waals surface area (Å²) in [6.07, 6.45) is 0.989. The molecule has 1 saturated heterocycles. The van der Waals surface area contributed by atoms with Gasteiger partial charge in [-0.25, -0.2) is 0 Å². The minimum atomic E-state index is -0.356. The van der Waals surface area contributed by atoms with Gasteiger partial charge in [-0.05, 0) is 25.5 Å². The molecule has 0 aromatic heterocycles. The third-order valence-corrected chi connectivity index (χ3v) is 3.90. The number of Topliss-reactive ketones (excluding diaryl/α,β-unsaturated/α-hetero) is 1. The van der Waals surface area contributed by atoms with Gasteiger partial charge in [0.15, 0.2) is 5.78 Å². The molecule has 1 atom stereocenters. The molecule has 0 radical (unpaired) electrons. The fraction of sp³-hybridized carbons (Fsp3) is 0.471. The van der Waals surface area contributed by atoms with E-state index in [0.29, 0.717) is 30.9 Å². The van der Waals surface area contributed by atoms with E-state index in [0.717, 1.165) is 6.42 Å². The van der Waals surface area contributed by atoms with Crippen LogP contribution in [0.15, 0.2) is 24.3 Å². The quantitative estimate of drug-likeness (QED) is 0.613. The Labute approximate surface area is 135 Å². The van der Waals surface area contributed by atoms with Crippen molar-refractivity contribution >= 4 is 23.3 Å². The molecule has 6 nitrogen and oxygen atoms in total. The predicted molar refractivity (Wildman–Crippen MR) is 86.3 cm³/mol. The van der Waals surface area contributed by atoms with E-state index in [2.05, 4.69) is 5.32 Å². The fourth-order valence-corrected chi connectivity index (χ4v) is 2.62. The molecule has 0 aliphatic carbocycles. The van der Waals surface area contributed by atoms with Crippen LogP contribution in [0.25, 0.3) is 0 Å². The molecule has 6 heteroatoms. The molecule has 1 aromatic carbocycles. The van der Waals surface area contributed by atoms with Gasteiger partial charge in [0.1, 0.15) is 0 Å². The number of likely N-dealkylation sites (tertiary alicyclic amines) is 1. The van der Waals surface area contributed by atoms with Crippen molar-refractivity contribution in [3.05, 3.63) is 29.8 Å². The third-order valence-electron chi connectivity index (χ3n) is 3.90. The number of rotatable bonds is 7. The lowest BCUT2D eigenvalue weighted by molar-refractivity contribution is -0.128. The molecule has 1 N–H and O–H groups in total. The number of carbonyl (C=O) groups is 3. The Morgan fingerprint density at radius 3 is 2.87 bits per heavy atom. The van der Waals surface area contributed by atoms with Gasteiger partial charge in [-0.1, -0.05) is 12.1 Å². The highest BCUT2D eigenvalue weighted by Gasteiger charge is 2.33. The molecular formula is C17H22N2O4. The molecule has 1 aliphatic heterocycles. The third kappa shape index (κ3) is 4.63. The van der Waals surface area contributed by atoms with Crippen LogP contribution < -0.4 is 5.32 Å². The van der Waals surface area contributed by atoms with Gasteiger partial charge in [0.05, 0.1) is 5.92 Å². The molecule has 1 aromatic rings. The van der Waals surface area contributed by atoms with Crippen molar-refractivity contribution in [3.8, 4) is 0 Å². The minimum absolute atomic E-state index is 0.00117. The van der Waals surface area contributed by atoms with E-state index in [4.69, 9.17) is 4.74 Å². The Morgan fingerprint density at radius 2 is 2.17 bits per heavy atom. The summed E-state index contributed by atoms with van der Waals surface area (Å²) in [6, 6.07) is 6.81. The van der Waals surface area contributed by atoms with E-state index in [1.165, 1.54) is 6.92 Å². The fourth-order valence-electron chi connectivity index (χ4n) is 2.62. The summed E-state index contributed by atoms with van der Waals surface area (Å²) in [5.41, 5.74) is 1.12. The summed E-state index contributed by atoms with van der Waals surface area (Å²) in [5.74, 6) is -0.598. The lowest BCUT2D eigenvalue weighted by Gasteiger charge is -2.16. The smallest absolute Gasteiger partial charge is 0.229 e. The SMILES string of the molecule is COCCCN1CC(C(=O)Nc2cccc(C(C)=O)c2)CC1=O. The van der Waals surface area contributed by atoms with Crippen molar-refractivity contribution in [1.82, 2.24) is 4.90 Å². The number of nitrogens with zero attached hydrogens (tertiary/aromatic N) is 1. The van der Waals surface area contributed by atoms with E-state index in [1.54, 1.807) is 36.3 Å². The van der Waals surface area contributed by atoms with Crippen LogP contribution in [0.1, 0.15) is 30.1 Å². The zero-order chi connectivity index (χ0) is 16.8. The second kappa shape index (κ2) is 7.87. The molecule has 1 aliphatic rings. The van der Waals surface area contributed by atoms with Crippen LogP contribution in [-0.2, 0) is 14.3 Å². The second-order valence-electron chi connectivity index (χ2n) is 5.71. The zero-order valence-corrected chi connectivity index (χ0v) is 13.5. The van der Waals surface area contributed by atoms with Crippen molar-refractivity contribution in [3.63, 3.8) is 0 Å². The van der Waals surface area contributed by atoms with Gasteiger partial charge in [-0.2, -0.15) is 0 Å². The summed E-state index contributed by atoms with van der Waals surface area (Å²) in [6.45, 7) is 3.12. The average molecular weight is 318 g/mol. The molecule has 1 fully saturated rings. The second-order valence-corrected chi connectivity index (χ2v) is 5.71. The van der Waals surface area contributed by atoms with Crippen molar-refractivity contribution < 1.29 is 19.1 Å². The van der Waals surface area contributed by atoms with Crippen LogP contribution in [0.4, 0.5) is 5.69 Å². The molecule has 1 heterocycles. The lowest BCUT2D eigenvalue weighted by atomic mass is 10.1. The number of methoxy groups -OCH3 is 1. The molecule has 2 rings (SSSR count). The predicted octanol–water partition coefficient (Wildman–Crippen LogP) is 1.71. The Kier molecular flexibility index (Phi) is 5.87. The first-order valence-electron chi connectivity index (χ1n) is 7.70. The monoisotopic (exact) mass is 318 g/mol. The van der Waals surface area contributed by atoms with Crippen LogP contribution in [0.2, 0.25) is 0 Å². The first-order valence-corrected chi connectivity index (χ1v) is 7.70. The van der Waals surface area contributed by atoms with Gasteiger partial charge in [0.25, 0.3) is 0 Å². The summed E-state index contributed by atoms with van der Waals surface area (Å²) < 4.78 is 4.98. The summed E-state index contributed by atoms with van der Waals surface area (Å²) in [5, 5.41) is 2.79. The van der Waals surface area contributed by atoms with Gasteiger partial charge in [-0.3, -0.25) is 14.4 Å². The van der Waals surface area contributed by atoms with E-state index < -0.39 is 0 Å². The number of nitrogens with one attached hydrogen (secondary N) is 1. The Hall–Kier alpha value is -2.21. The number of carbonyl (C=O) groups excluding carboxylic acids is 3. The van der Waals surface area contributed by atoms with Crippen LogP contribution in [0.3, 0.4) is 0 Å². The maximum absolute atomic E-state index is 12.3. The number of hydrogen-bond acceptors (Lipinski definition) is 4. The standard InChI is InChI=1S/C17H22N2O4/c1-12(20)13-5-3-6-15(9-13)18-17(22)14-10-16(21)19(11-14)7-4-8-23-2/h3,5-6,9,14H,4,7-8,10-11H2,1-2H3,(H,18,22). The molecule has 1 unspecified atom stereocenters. The molecule has 0 bridgehead atoms.